The van der Waals surface area contributed by atoms with Crippen LogP contribution in [0.4, 0.5) is 13.2 Å². The first-order valence-electron chi connectivity index (χ1n) is 8.63. The maximum Gasteiger partial charge on any atom is 0.432 e. The number of halogens is 3. The normalized spacial score (nSPS) is 20.9. The second-order valence-corrected chi connectivity index (χ2v) is 6.10. The summed E-state index contributed by atoms with van der Waals surface area (Å²) in [6, 6.07) is 6.53. The molecule has 1 aliphatic rings. The van der Waals surface area contributed by atoms with Crippen molar-refractivity contribution in [3.05, 3.63) is 60.2 Å². The molecule has 28 heavy (non-hydrogen) atoms. The number of carbonyl (C=O) groups is 2. The van der Waals surface area contributed by atoms with Crippen LogP contribution in [0.2, 0.25) is 0 Å². The Hall–Kier alpha value is -2.61. The first kappa shape index (κ1) is 21.7. The van der Waals surface area contributed by atoms with Gasteiger partial charge in [0.25, 0.3) is 5.60 Å². The number of rotatable bonds is 7. The van der Waals surface area contributed by atoms with Gasteiger partial charge in [0.15, 0.2) is 6.10 Å². The predicted octanol–water partition coefficient (Wildman–Crippen LogP) is 3.84. The summed E-state index contributed by atoms with van der Waals surface area (Å²) < 4.78 is 56.9. The summed E-state index contributed by atoms with van der Waals surface area (Å²) in [6.45, 7) is 1.75. The minimum atomic E-state index is -5.08. The van der Waals surface area contributed by atoms with Crippen molar-refractivity contribution in [3.8, 4) is 0 Å². The van der Waals surface area contributed by atoms with Gasteiger partial charge in [-0.05, 0) is 19.4 Å². The fourth-order valence-corrected chi connectivity index (χ4v) is 2.90. The topological polar surface area (TPSA) is 61.8 Å². The molecule has 3 atom stereocenters. The Bertz CT molecular complexity index is 742. The summed E-state index contributed by atoms with van der Waals surface area (Å²) in [5.74, 6) is -2.13. The highest BCUT2D eigenvalue weighted by Crippen LogP contribution is 2.43. The molecule has 1 aromatic carbocycles. The zero-order chi connectivity index (χ0) is 20.8. The third kappa shape index (κ3) is 4.44. The van der Waals surface area contributed by atoms with Gasteiger partial charge < -0.3 is 14.2 Å². The second-order valence-electron chi connectivity index (χ2n) is 6.10. The lowest BCUT2D eigenvalue weighted by molar-refractivity contribution is -0.278. The number of hydrogen-bond donors (Lipinski definition) is 0. The van der Waals surface area contributed by atoms with Gasteiger partial charge >= 0.3 is 18.1 Å². The standard InChI is InChI=1S/C20H21F3O5/c1-3-4-6-11-15(16-12-13-17(24)27-16)28-18(25)19(26-2,20(21,22)23)14-9-7-5-8-10-14/h3-11,15-16H,12-13H2,1-2H3/b4-3+,11-6-/t15-,16-,19-/m1/s1. The van der Waals surface area contributed by atoms with E-state index >= 15 is 0 Å². The van der Waals surface area contributed by atoms with E-state index in [4.69, 9.17) is 14.2 Å². The summed E-state index contributed by atoms with van der Waals surface area (Å²) in [7, 11) is 0.794. The van der Waals surface area contributed by atoms with Crippen molar-refractivity contribution < 1.29 is 37.0 Å². The molecule has 0 bridgehead atoms. The van der Waals surface area contributed by atoms with Crippen LogP contribution in [-0.4, -0.2) is 37.4 Å². The van der Waals surface area contributed by atoms with Gasteiger partial charge in [0.1, 0.15) is 6.10 Å². The van der Waals surface area contributed by atoms with Crippen molar-refractivity contribution in [2.75, 3.05) is 7.11 Å². The largest absolute Gasteiger partial charge is 0.458 e. The summed E-state index contributed by atoms with van der Waals surface area (Å²) in [5.41, 5.74) is -3.71. The van der Waals surface area contributed by atoms with Crippen LogP contribution in [0.15, 0.2) is 54.6 Å². The average Bonchev–Trinajstić information content (AvgIpc) is 3.08. The molecule has 1 saturated heterocycles. The highest BCUT2D eigenvalue weighted by molar-refractivity contribution is 5.83. The number of benzene rings is 1. The molecule has 0 saturated carbocycles. The van der Waals surface area contributed by atoms with E-state index in [0.717, 1.165) is 19.2 Å². The van der Waals surface area contributed by atoms with Gasteiger partial charge in [-0.1, -0.05) is 48.6 Å². The molecule has 0 radical (unpaired) electrons. The second kappa shape index (κ2) is 9.05. The number of ether oxygens (including phenoxy) is 3. The van der Waals surface area contributed by atoms with Crippen LogP contribution < -0.4 is 0 Å². The number of methoxy groups -OCH3 is 1. The van der Waals surface area contributed by atoms with Crippen LogP contribution in [-0.2, 0) is 29.4 Å². The van der Waals surface area contributed by atoms with Crippen molar-refractivity contribution in [1.82, 2.24) is 0 Å². The molecule has 0 unspecified atom stereocenters. The van der Waals surface area contributed by atoms with Crippen LogP contribution in [0, 0.1) is 0 Å². The van der Waals surface area contributed by atoms with Crippen LogP contribution >= 0.6 is 0 Å². The Labute approximate surface area is 160 Å². The molecule has 0 N–H and O–H groups in total. The summed E-state index contributed by atoms with van der Waals surface area (Å²) in [4.78, 5) is 24.2. The van der Waals surface area contributed by atoms with Crippen molar-refractivity contribution in [2.24, 2.45) is 0 Å². The van der Waals surface area contributed by atoms with Gasteiger partial charge in [0.2, 0.25) is 0 Å². The molecule has 2 rings (SSSR count). The van der Waals surface area contributed by atoms with Crippen molar-refractivity contribution in [2.45, 2.75) is 43.8 Å². The zero-order valence-corrected chi connectivity index (χ0v) is 15.4. The quantitative estimate of drug-likeness (QED) is 0.516. The zero-order valence-electron chi connectivity index (χ0n) is 15.4. The Balaban J connectivity index is 2.40. The maximum absolute atomic E-state index is 14.0. The molecule has 0 amide bonds. The van der Waals surface area contributed by atoms with E-state index in [1.165, 1.54) is 30.4 Å². The van der Waals surface area contributed by atoms with E-state index in [1.54, 1.807) is 19.1 Å². The van der Waals surface area contributed by atoms with Gasteiger partial charge in [-0.2, -0.15) is 13.2 Å². The minimum absolute atomic E-state index is 0.101. The Morgan fingerprint density at radius 3 is 2.43 bits per heavy atom. The molecule has 1 aliphatic heterocycles. The Kier molecular flexibility index (Phi) is 7.01. The highest BCUT2D eigenvalue weighted by Gasteiger charge is 2.64. The third-order valence-corrected chi connectivity index (χ3v) is 4.30. The molecule has 152 valence electrons. The summed E-state index contributed by atoms with van der Waals surface area (Å²) in [6.07, 6.45) is -0.607. The number of alkyl halides is 3. The van der Waals surface area contributed by atoms with Gasteiger partial charge in [0, 0.05) is 19.1 Å². The van der Waals surface area contributed by atoms with E-state index in [9.17, 15) is 22.8 Å². The van der Waals surface area contributed by atoms with Crippen LogP contribution in [0.5, 0.6) is 0 Å². The molecule has 0 aliphatic carbocycles. The molecular weight excluding hydrogens is 377 g/mol. The smallest absolute Gasteiger partial charge is 0.432 e. The van der Waals surface area contributed by atoms with Crippen molar-refractivity contribution in [1.29, 1.82) is 0 Å². The number of cyclic esters (lactones) is 1. The van der Waals surface area contributed by atoms with Gasteiger partial charge in [0.05, 0.1) is 0 Å². The third-order valence-electron chi connectivity index (χ3n) is 4.30. The van der Waals surface area contributed by atoms with Crippen LogP contribution in [0.1, 0.15) is 25.3 Å². The maximum atomic E-state index is 14.0. The molecule has 1 aromatic rings. The van der Waals surface area contributed by atoms with E-state index in [0.29, 0.717) is 0 Å². The van der Waals surface area contributed by atoms with Gasteiger partial charge in [-0.15, -0.1) is 0 Å². The SMILES string of the molecule is C/C=C/C=C\[C@@H](OC(=O)[C@](OC)(c1ccccc1)C(F)(F)F)[C@H]1CCC(=O)O1. The minimum Gasteiger partial charge on any atom is -0.458 e. The van der Waals surface area contributed by atoms with E-state index < -0.39 is 41.5 Å². The van der Waals surface area contributed by atoms with Crippen LogP contribution in [0.25, 0.3) is 0 Å². The molecular formula is C20H21F3O5. The van der Waals surface area contributed by atoms with E-state index in [2.05, 4.69) is 0 Å². The molecule has 8 heteroatoms. The molecule has 5 nitrogen and oxygen atoms in total. The summed E-state index contributed by atoms with van der Waals surface area (Å²) >= 11 is 0. The fraction of sp³-hybridized carbons (Fsp3) is 0.400. The fourth-order valence-electron chi connectivity index (χ4n) is 2.90. The lowest BCUT2D eigenvalue weighted by atomic mass is 9.92. The first-order chi connectivity index (χ1) is 13.3. The number of carbonyl (C=O) groups excluding carboxylic acids is 2. The van der Waals surface area contributed by atoms with E-state index in [1.807, 2.05) is 0 Å². The molecule has 1 fully saturated rings. The number of allylic oxidation sites excluding steroid dienone is 3. The molecule has 0 aromatic heterocycles. The lowest BCUT2D eigenvalue weighted by Gasteiger charge is -2.34. The monoisotopic (exact) mass is 398 g/mol. The number of hydrogen-bond acceptors (Lipinski definition) is 5. The summed E-state index contributed by atoms with van der Waals surface area (Å²) in [5, 5.41) is 0. The molecule has 0 spiro atoms. The predicted molar refractivity (Wildman–Crippen MR) is 94.1 cm³/mol. The average molecular weight is 398 g/mol. The van der Waals surface area contributed by atoms with Crippen molar-refractivity contribution >= 4 is 11.9 Å². The van der Waals surface area contributed by atoms with Crippen molar-refractivity contribution in [3.63, 3.8) is 0 Å². The van der Waals surface area contributed by atoms with Crippen LogP contribution in [0.3, 0.4) is 0 Å². The highest BCUT2D eigenvalue weighted by atomic mass is 19.4. The molecule has 1 heterocycles. The Morgan fingerprint density at radius 2 is 1.93 bits per heavy atom. The van der Waals surface area contributed by atoms with E-state index in [-0.39, 0.29) is 12.8 Å². The van der Waals surface area contributed by atoms with Gasteiger partial charge in [-0.25, -0.2) is 4.79 Å². The first-order valence-corrected chi connectivity index (χ1v) is 8.63. The lowest BCUT2D eigenvalue weighted by Crippen LogP contribution is -2.53. The Morgan fingerprint density at radius 1 is 1.25 bits per heavy atom. The number of esters is 2. The van der Waals surface area contributed by atoms with Gasteiger partial charge in [-0.3, -0.25) is 4.79 Å².